The van der Waals surface area contributed by atoms with Crippen molar-refractivity contribution < 1.29 is 14.6 Å². The van der Waals surface area contributed by atoms with Gasteiger partial charge in [-0.3, -0.25) is 0 Å². The molecular weight excluding hydrogens is 460 g/mol. The van der Waals surface area contributed by atoms with Crippen LogP contribution in [0.25, 0.3) is 0 Å². The Hall–Kier alpha value is -0.720. The summed E-state index contributed by atoms with van der Waals surface area (Å²) in [5.41, 5.74) is 2.45. The molecule has 0 spiro atoms. The number of aliphatic hydroxyl groups is 1. The first-order chi connectivity index (χ1) is 12.7. The minimum Gasteiger partial charge on any atom is -0.396 e. The number of benzene rings is 2. The summed E-state index contributed by atoms with van der Waals surface area (Å²) in [4.78, 5) is 0. The van der Waals surface area contributed by atoms with E-state index < -0.39 is 0 Å². The number of aliphatic hydroxyl groups excluding tert-OH is 1. The van der Waals surface area contributed by atoms with Gasteiger partial charge in [0.15, 0.2) is 6.29 Å². The van der Waals surface area contributed by atoms with Gasteiger partial charge in [-0.15, -0.1) is 0 Å². The predicted molar refractivity (Wildman–Crippen MR) is 112 cm³/mol. The summed E-state index contributed by atoms with van der Waals surface area (Å²) in [6.45, 7) is 1.79. The molecule has 0 amide bonds. The molecule has 1 unspecified atom stereocenters. The van der Waals surface area contributed by atoms with Gasteiger partial charge in [0, 0.05) is 22.2 Å². The fourth-order valence-electron chi connectivity index (χ4n) is 2.67. The number of ether oxygens (including phenoxy) is 2. The van der Waals surface area contributed by atoms with E-state index in [1.54, 1.807) is 0 Å². The maximum absolute atomic E-state index is 8.62. The highest BCUT2D eigenvalue weighted by atomic mass is 79.9. The third-order valence-corrected chi connectivity index (χ3v) is 5.66. The summed E-state index contributed by atoms with van der Waals surface area (Å²) >= 11 is 6.92. The van der Waals surface area contributed by atoms with Crippen molar-refractivity contribution >= 4 is 31.9 Å². The quantitative estimate of drug-likeness (QED) is 0.585. The number of halogens is 2. The summed E-state index contributed by atoms with van der Waals surface area (Å²) in [5, 5.41) is 8.62. The van der Waals surface area contributed by atoms with Gasteiger partial charge in [-0.1, -0.05) is 68.3 Å². The van der Waals surface area contributed by atoms with E-state index >= 15 is 0 Å². The lowest BCUT2D eigenvalue weighted by Crippen LogP contribution is -2.23. The van der Waals surface area contributed by atoms with Crippen molar-refractivity contribution in [1.82, 2.24) is 0 Å². The number of rotatable bonds is 6. The number of hydrogen-bond donors (Lipinski definition) is 1. The fraction of sp³-hybridized carbons (Fsp3) is 0.429. The molecule has 1 fully saturated rings. The molecule has 3 rings (SSSR count). The van der Waals surface area contributed by atoms with Gasteiger partial charge in [0.2, 0.25) is 0 Å². The second kappa shape index (κ2) is 12.6. The SMILES string of the molecule is Brc1ccccc1CCOC1CCCCO1.OCCc1ccccc1Br. The first-order valence-corrected chi connectivity index (χ1v) is 10.6. The van der Waals surface area contributed by atoms with E-state index in [0.29, 0.717) is 0 Å². The third-order valence-electron chi connectivity index (χ3n) is 4.11. The molecule has 142 valence electrons. The van der Waals surface area contributed by atoms with Crippen LogP contribution in [0.4, 0.5) is 0 Å². The summed E-state index contributed by atoms with van der Waals surface area (Å²) in [5.74, 6) is 0. The Labute approximate surface area is 173 Å². The van der Waals surface area contributed by atoms with Crippen LogP contribution < -0.4 is 0 Å². The Kier molecular flexibility index (Phi) is 10.5. The minimum atomic E-state index is 0.0243. The van der Waals surface area contributed by atoms with Crippen molar-refractivity contribution in [2.45, 2.75) is 38.4 Å². The van der Waals surface area contributed by atoms with E-state index in [1.165, 1.54) is 18.4 Å². The van der Waals surface area contributed by atoms with Gasteiger partial charge in [-0.25, -0.2) is 0 Å². The van der Waals surface area contributed by atoms with Crippen LogP contribution in [0, 0.1) is 0 Å². The van der Waals surface area contributed by atoms with E-state index in [2.05, 4.69) is 50.1 Å². The monoisotopic (exact) mass is 484 g/mol. The van der Waals surface area contributed by atoms with Crippen LogP contribution >= 0.6 is 31.9 Å². The van der Waals surface area contributed by atoms with E-state index in [4.69, 9.17) is 14.6 Å². The fourth-order valence-corrected chi connectivity index (χ4v) is 3.63. The van der Waals surface area contributed by atoms with Crippen LogP contribution in [0.2, 0.25) is 0 Å². The van der Waals surface area contributed by atoms with Gasteiger partial charge in [0.25, 0.3) is 0 Å². The molecule has 0 bridgehead atoms. The van der Waals surface area contributed by atoms with Crippen molar-refractivity contribution in [3.05, 3.63) is 68.6 Å². The van der Waals surface area contributed by atoms with Crippen LogP contribution in [0.1, 0.15) is 30.4 Å². The molecule has 0 aromatic heterocycles. The molecule has 2 aromatic rings. The zero-order valence-electron chi connectivity index (χ0n) is 14.9. The van der Waals surface area contributed by atoms with Crippen LogP contribution in [-0.2, 0) is 22.3 Å². The molecule has 0 radical (unpaired) electrons. The van der Waals surface area contributed by atoms with E-state index in [-0.39, 0.29) is 12.9 Å². The van der Waals surface area contributed by atoms with Crippen molar-refractivity contribution in [3.63, 3.8) is 0 Å². The predicted octanol–water partition coefficient (Wildman–Crippen LogP) is 5.52. The molecule has 0 saturated carbocycles. The molecule has 1 heterocycles. The summed E-state index contributed by atoms with van der Waals surface area (Å²) in [6, 6.07) is 16.2. The molecule has 0 aliphatic carbocycles. The molecule has 1 atom stereocenters. The lowest BCUT2D eigenvalue weighted by Gasteiger charge is -2.22. The lowest BCUT2D eigenvalue weighted by molar-refractivity contribution is -0.161. The van der Waals surface area contributed by atoms with Gasteiger partial charge < -0.3 is 14.6 Å². The largest absolute Gasteiger partial charge is 0.396 e. The van der Waals surface area contributed by atoms with Crippen LogP contribution in [0.3, 0.4) is 0 Å². The minimum absolute atomic E-state index is 0.0243. The third kappa shape index (κ3) is 7.89. The Morgan fingerprint density at radius 3 is 2.08 bits per heavy atom. The lowest BCUT2D eigenvalue weighted by atomic mass is 10.1. The van der Waals surface area contributed by atoms with Gasteiger partial charge in [0.05, 0.1) is 6.61 Å². The van der Waals surface area contributed by atoms with E-state index in [0.717, 1.165) is 47.0 Å². The summed E-state index contributed by atoms with van der Waals surface area (Å²) < 4.78 is 13.4. The first kappa shape index (κ1) is 21.6. The van der Waals surface area contributed by atoms with Crippen molar-refractivity contribution in [2.75, 3.05) is 19.8 Å². The zero-order valence-corrected chi connectivity index (χ0v) is 18.0. The molecule has 2 aromatic carbocycles. The van der Waals surface area contributed by atoms with Crippen molar-refractivity contribution in [1.29, 1.82) is 0 Å². The maximum Gasteiger partial charge on any atom is 0.157 e. The molecule has 1 saturated heterocycles. The molecule has 1 N–H and O–H groups in total. The van der Waals surface area contributed by atoms with E-state index in [9.17, 15) is 0 Å². The summed E-state index contributed by atoms with van der Waals surface area (Å²) in [6.07, 6.45) is 5.11. The second-order valence-corrected chi connectivity index (χ2v) is 7.78. The Morgan fingerprint density at radius 2 is 1.54 bits per heavy atom. The van der Waals surface area contributed by atoms with Crippen molar-refractivity contribution in [3.8, 4) is 0 Å². The van der Waals surface area contributed by atoms with Crippen LogP contribution in [0.5, 0.6) is 0 Å². The Morgan fingerprint density at radius 1 is 0.923 bits per heavy atom. The topological polar surface area (TPSA) is 38.7 Å². The Bertz CT molecular complexity index is 643. The van der Waals surface area contributed by atoms with Gasteiger partial charge in [-0.2, -0.15) is 0 Å². The van der Waals surface area contributed by atoms with Crippen molar-refractivity contribution in [2.24, 2.45) is 0 Å². The highest BCUT2D eigenvalue weighted by Gasteiger charge is 2.13. The van der Waals surface area contributed by atoms with Crippen LogP contribution in [-0.4, -0.2) is 31.2 Å². The second-order valence-electron chi connectivity index (χ2n) is 6.07. The smallest absolute Gasteiger partial charge is 0.157 e. The molecule has 5 heteroatoms. The average molecular weight is 486 g/mol. The average Bonchev–Trinajstić information content (AvgIpc) is 2.67. The van der Waals surface area contributed by atoms with Gasteiger partial charge in [0.1, 0.15) is 0 Å². The summed E-state index contributed by atoms with van der Waals surface area (Å²) in [7, 11) is 0. The van der Waals surface area contributed by atoms with Crippen LogP contribution in [0.15, 0.2) is 57.5 Å². The Balaban J connectivity index is 0.000000209. The normalized spacial score (nSPS) is 16.7. The molecule has 1 aliphatic rings. The molecule has 1 aliphatic heterocycles. The molecule has 3 nitrogen and oxygen atoms in total. The van der Waals surface area contributed by atoms with Gasteiger partial charge in [-0.05, 0) is 55.4 Å². The highest BCUT2D eigenvalue weighted by molar-refractivity contribution is 9.10. The van der Waals surface area contributed by atoms with Gasteiger partial charge >= 0.3 is 0 Å². The number of hydrogen-bond acceptors (Lipinski definition) is 3. The highest BCUT2D eigenvalue weighted by Crippen LogP contribution is 2.18. The van der Waals surface area contributed by atoms with E-state index in [1.807, 2.05) is 30.3 Å². The zero-order chi connectivity index (χ0) is 18.6. The maximum atomic E-state index is 8.62. The molecule has 26 heavy (non-hydrogen) atoms. The molecular formula is C21H26Br2O3. The first-order valence-electron chi connectivity index (χ1n) is 9.01. The standard InChI is InChI=1S/C13H17BrO2.C8H9BrO/c14-12-6-2-1-5-11(12)8-10-16-13-7-3-4-9-15-13;9-8-4-2-1-3-7(8)5-6-10/h1-2,5-6,13H,3-4,7-10H2;1-4,10H,5-6H2.